The van der Waals surface area contributed by atoms with Crippen LogP contribution in [0.15, 0.2) is 12.4 Å². The summed E-state index contributed by atoms with van der Waals surface area (Å²) in [6, 6.07) is 1.33. The number of nitrogens with zero attached hydrogens (tertiary/aromatic N) is 4. The van der Waals surface area contributed by atoms with Crippen LogP contribution in [-0.2, 0) is 7.05 Å². The fourth-order valence-electron chi connectivity index (χ4n) is 1.09. The van der Waals surface area contributed by atoms with Gasteiger partial charge in [0, 0.05) is 13.1 Å². The summed E-state index contributed by atoms with van der Waals surface area (Å²) in [4.78, 5) is 3.81. The molecule has 2 aromatic heterocycles. The first-order valence-corrected chi connectivity index (χ1v) is 4.26. The van der Waals surface area contributed by atoms with E-state index in [1.807, 2.05) is 0 Å². The molecule has 16 heavy (non-hydrogen) atoms. The summed E-state index contributed by atoms with van der Waals surface area (Å²) in [7, 11) is 1.58. The Labute approximate surface area is 88.4 Å². The summed E-state index contributed by atoms with van der Waals surface area (Å²) in [6.07, 6.45) is 1.31. The quantitative estimate of drug-likeness (QED) is 0.815. The van der Waals surface area contributed by atoms with E-state index >= 15 is 0 Å². The van der Waals surface area contributed by atoms with Crippen molar-refractivity contribution >= 4 is 11.8 Å². The lowest BCUT2D eigenvalue weighted by Gasteiger charge is -1.99. The number of aromatic amines is 1. The molecule has 0 saturated heterocycles. The molecule has 86 valence electrons. The first-order chi connectivity index (χ1) is 7.65. The van der Waals surface area contributed by atoms with Crippen molar-refractivity contribution < 1.29 is 13.5 Å². The molecule has 0 fully saturated rings. The molecule has 2 rings (SSSR count). The van der Waals surface area contributed by atoms with E-state index in [1.54, 1.807) is 7.05 Å². The van der Waals surface area contributed by atoms with Gasteiger partial charge in [-0.05, 0) is 0 Å². The van der Waals surface area contributed by atoms with Gasteiger partial charge < -0.3 is 10.1 Å². The van der Waals surface area contributed by atoms with E-state index in [9.17, 15) is 8.78 Å². The summed E-state index contributed by atoms with van der Waals surface area (Å²) in [5.41, 5.74) is 0. The molecule has 0 spiro atoms. The van der Waals surface area contributed by atoms with Crippen LogP contribution in [0.2, 0.25) is 0 Å². The van der Waals surface area contributed by atoms with Crippen LogP contribution >= 0.6 is 0 Å². The van der Waals surface area contributed by atoms with E-state index in [0.717, 1.165) is 0 Å². The van der Waals surface area contributed by atoms with Gasteiger partial charge in [-0.2, -0.15) is 18.9 Å². The van der Waals surface area contributed by atoms with E-state index in [-0.39, 0.29) is 5.88 Å². The van der Waals surface area contributed by atoms with E-state index in [2.05, 4.69) is 30.3 Å². The highest BCUT2D eigenvalue weighted by molar-refractivity contribution is 5.49. The number of hydrogen-bond donors (Lipinski definition) is 2. The molecule has 2 N–H and O–H groups in total. The molecule has 0 bridgehead atoms. The Morgan fingerprint density at radius 1 is 1.56 bits per heavy atom. The predicted octanol–water partition coefficient (Wildman–Crippen LogP) is 0.883. The predicted molar refractivity (Wildman–Crippen MR) is 49.5 cm³/mol. The number of hydrogen-bond acceptors (Lipinski definition) is 5. The Hall–Kier alpha value is -2.19. The van der Waals surface area contributed by atoms with Gasteiger partial charge in [-0.15, -0.1) is 5.10 Å². The van der Waals surface area contributed by atoms with Crippen molar-refractivity contribution in [2.24, 2.45) is 7.05 Å². The van der Waals surface area contributed by atoms with E-state index < -0.39 is 6.61 Å². The third-order valence-corrected chi connectivity index (χ3v) is 1.73. The third kappa shape index (κ3) is 2.24. The Balaban J connectivity index is 2.12. The number of ether oxygens (including phenoxy) is 1. The maximum atomic E-state index is 11.9. The monoisotopic (exact) mass is 230 g/mol. The molecule has 0 aliphatic carbocycles. The minimum Gasteiger partial charge on any atom is -0.415 e. The summed E-state index contributed by atoms with van der Waals surface area (Å²) in [5.74, 6) is 0.665. The molecular weight excluding hydrogens is 222 g/mol. The van der Waals surface area contributed by atoms with Crippen LogP contribution in [0.1, 0.15) is 0 Å². The van der Waals surface area contributed by atoms with Crippen molar-refractivity contribution in [1.29, 1.82) is 0 Å². The smallest absolute Gasteiger partial charge is 0.388 e. The van der Waals surface area contributed by atoms with Crippen molar-refractivity contribution in [2.45, 2.75) is 6.61 Å². The number of aromatic nitrogens is 5. The lowest BCUT2D eigenvalue weighted by molar-refractivity contribution is -0.0531. The fraction of sp³-hybridized carbons (Fsp3) is 0.286. The average molecular weight is 230 g/mol. The van der Waals surface area contributed by atoms with Gasteiger partial charge in [0.15, 0.2) is 0 Å². The van der Waals surface area contributed by atoms with Crippen molar-refractivity contribution in [3.63, 3.8) is 0 Å². The topological polar surface area (TPSA) is 80.7 Å². The molecule has 9 heteroatoms. The molecule has 0 aliphatic rings. The number of rotatable bonds is 4. The summed E-state index contributed by atoms with van der Waals surface area (Å²) < 4.78 is 29.3. The number of anilines is 2. The number of nitrogens with one attached hydrogen (secondary N) is 2. The third-order valence-electron chi connectivity index (χ3n) is 1.73. The zero-order chi connectivity index (χ0) is 11.5. The zero-order valence-corrected chi connectivity index (χ0v) is 8.19. The first-order valence-electron chi connectivity index (χ1n) is 4.26. The highest BCUT2D eigenvalue weighted by Crippen LogP contribution is 2.19. The van der Waals surface area contributed by atoms with Crippen LogP contribution in [-0.4, -0.2) is 31.6 Å². The lowest BCUT2D eigenvalue weighted by Crippen LogP contribution is -2.03. The highest BCUT2D eigenvalue weighted by atomic mass is 19.3. The summed E-state index contributed by atoms with van der Waals surface area (Å²) >= 11 is 0. The van der Waals surface area contributed by atoms with Crippen LogP contribution in [0.25, 0.3) is 0 Å². The average Bonchev–Trinajstić information content (AvgIpc) is 2.77. The van der Waals surface area contributed by atoms with Crippen molar-refractivity contribution in [3.05, 3.63) is 12.4 Å². The van der Waals surface area contributed by atoms with Crippen LogP contribution < -0.4 is 10.1 Å². The van der Waals surface area contributed by atoms with Gasteiger partial charge in [0.2, 0.25) is 11.8 Å². The van der Waals surface area contributed by atoms with Gasteiger partial charge in [-0.1, -0.05) is 0 Å². The Morgan fingerprint density at radius 3 is 3.00 bits per heavy atom. The summed E-state index contributed by atoms with van der Waals surface area (Å²) in [6.45, 7) is -2.90. The largest absolute Gasteiger partial charge is 0.415 e. The van der Waals surface area contributed by atoms with E-state index in [4.69, 9.17) is 0 Å². The second-order valence-corrected chi connectivity index (χ2v) is 2.83. The molecule has 0 radical (unpaired) electrons. The van der Waals surface area contributed by atoms with Crippen molar-refractivity contribution in [3.8, 4) is 5.88 Å². The second-order valence-electron chi connectivity index (χ2n) is 2.83. The van der Waals surface area contributed by atoms with Gasteiger partial charge in [0.25, 0.3) is 0 Å². The molecule has 0 amide bonds. The van der Waals surface area contributed by atoms with Crippen LogP contribution in [0, 0.1) is 0 Å². The highest BCUT2D eigenvalue weighted by Gasteiger charge is 2.11. The number of halogens is 2. The minimum absolute atomic E-state index is 0.167. The van der Waals surface area contributed by atoms with Gasteiger partial charge >= 0.3 is 6.61 Å². The van der Waals surface area contributed by atoms with Crippen molar-refractivity contribution in [2.75, 3.05) is 5.32 Å². The first kappa shape index (κ1) is 10.3. The zero-order valence-electron chi connectivity index (χ0n) is 8.19. The minimum atomic E-state index is -2.90. The molecule has 2 heterocycles. The number of H-pyrrole nitrogens is 1. The van der Waals surface area contributed by atoms with Gasteiger partial charge in [0.05, 0.1) is 0 Å². The standard InChI is InChI=1S/C7H8F2N6O/c1-15-4(12-7-10-3-11-13-7)2-5(14-15)16-6(8)9/h2-3,6H,1H3,(H2,10,11,12,13). The molecule has 0 aromatic carbocycles. The molecule has 0 aliphatic heterocycles. The van der Waals surface area contributed by atoms with Crippen LogP contribution in [0.4, 0.5) is 20.5 Å². The SMILES string of the molecule is Cn1nc(OC(F)F)cc1Nc1ncn[nH]1. The fourth-order valence-corrected chi connectivity index (χ4v) is 1.09. The normalized spacial score (nSPS) is 10.8. The summed E-state index contributed by atoms with van der Waals surface area (Å²) in [5, 5.41) is 12.7. The Bertz CT molecular complexity index is 453. The molecule has 7 nitrogen and oxygen atoms in total. The Kier molecular flexibility index (Phi) is 2.66. The molecule has 2 aromatic rings. The van der Waals surface area contributed by atoms with Gasteiger partial charge in [0.1, 0.15) is 12.1 Å². The van der Waals surface area contributed by atoms with Crippen LogP contribution in [0.3, 0.4) is 0 Å². The molecule has 0 unspecified atom stereocenters. The lowest BCUT2D eigenvalue weighted by atomic mass is 10.6. The van der Waals surface area contributed by atoms with Gasteiger partial charge in [-0.25, -0.2) is 9.78 Å². The molecular formula is C7H8F2N6O. The van der Waals surface area contributed by atoms with E-state index in [0.29, 0.717) is 11.8 Å². The van der Waals surface area contributed by atoms with Crippen molar-refractivity contribution in [1.82, 2.24) is 25.0 Å². The number of aryl methyl sites for hydroxylation is 1. The van der Waals surface area contributed by atoms with Crippen LogP contribution in [0.5, 0.6) is 5.88 Å². The second kappa shape index (κ2) is 4.13. The maximum absolute atomic E-state index is 11.9. The molecule has 0 atom stereocenters. The number of alkyl halides is 2. The van der Waals surface area contributed by atoms with E-state index in [1.165, 1.54) is 17.1 Å². The van der Waals surface area contributed by atoms with Gasteiger partial charge in [-0.3, -0.25) is 0 Å². The maximum Gasteiger partial charge on any atom is 0.388 e. The molecule has 0 saturated carbocycles. The Morgan fingerprint density at radius 2 is 2.38 bits per heavy atom.